The Bertz CT molecular complexity index is 416. The normalized spacial score (nSPS) is 15.4. The Morgan fingerprint density at radius 1 is 1.47 bits per heavy atom. The summed E-state index contributed by atoms with van der Waals surface area (Å²) in [5, 5.41) is 0. The van der Waals surface area contributed by atoms with Crippen LogP contribution in [0.3, 0.4) is 0 Å². The molecule has 1 aromatic rings. The van der Waals surface area contributed by atoms with Crippen LogP contribution in [0.25, 0.3) is 0 Å². The maximum Gasteiger partial charge on any atom is 0.341 e. The van der Waals surface area contributed by atoms with Gasteiger partial charge in [0, 0.05) is 5.69 Å². The smallest absolute Gasteiger partial charge is 0.341 e. The Kier molecular flexibility index (Phi) is 3.61. The molecule has 0 bridgehead atoms. The van der Waals surface area contributed by atoms with E-state index in [-0.39, 0.29) is 5.56 Å². The lowest BCUT2D eigenvalue weighted by molar-refractivity contribution is 0.0459. The monoisotopic (exact) mass is 237 g/mol. The lowest BCUT2D eigenvalue weighted by Gasteiger charge is -2.24. The number of hydrogen-bond acceptors (Lipinski definition) is 3. The standard InChI is InChI=1S/C13H16FNO2/c14-12-5-4-10(15)8-11(12)13(16)17-7-6-9-2-1-3-9/h4-5,8-9H,1-3,6-7,15H2. The van der Waals surface area contributed by atoms with Gasteiger partial charge < -0.3 is 10.5 Å². The van der Waals surface area contributed by atoms with Crippen molar-refractivity contribution in [3.05, 3.63) is 29.6 Å². The summed E-state index contributed by atoms with van der Waals surface area (Å²) in [6, 6.07) is 3.90. The number of nitrogen functional groups attached to an aromatic ring is 1. The predicted molar refractivity (Wildman–Crippen MR) is 63.1 cm³/mol. The third kappa shape index (κ3) is 2.96. The predicted octanol–water partition coefficient (Wildman–Crippen LogP) is 2.75. The Morgan fingerprint density at radius 2 is 2.24 bits per heavy atom. The highest BCUT2D eigenvalue weighted by atomic mass is 19.1. The number of carbonyl (C=O) groups is 1. The molecule has 0 unspecified atom stereocenters. The molecule has 0 aromatic heterocycles. The molecule has 0 aliphatic heterocycles. The molecule has 17 heavy (non-hydrogen) atoms. The number of ether oxygens (including phenoxy) is 1. The van der Waals surface area contributed by atoms with E-state index in [0.29, 0.717) is 18.2 Å². The molecule has 0 amide bonds. The zero-order valence-electron chi connectivity index (χ0n) is 9.62. The van der Waals surface area contributed by atoms with Gasteiger partial charge in [-0.2, -0.15) is 0 Å². The van der Waals surface area contributed by atoms with Crippen LogP contribution in [0.2, 0.25) is 0 Å². The minimum Gasteiger partial charge on any atom is -0.462 e. The van der Waals surface area contributed by atoms with Crippen molar-refractivity contribution in [2.75, 3.05) is 12.3 Å². The Balaban J connectivity index is 1.87. The van der Waals surface area contributed by atoms with Crippen molar-refractivity contribution in [3.8, 4) is 0 Å². The number of anilines is 1. The number of esters is 1. The molecule has 2 rings (SSSR count). The van der Waals surface area contributed by atoms with Gasteiger partial charge in [0.2, 0.25) is 0 Å². The van der Waals surface area contributed by atoms with Crippen LogP contribution in [0, 0.1) is 11.7 Å². The Morgan fingerprint density at radius 3 is 2.88 bits per heavy atom. The summed E-state index contributed by atoms with van der Waals surface area (Å²) in [6.45, 7) is 0.359. The van der Waals surface area contributed by atoms with Gasteiger partial charge in [0.1, 0.15) is 5.82 Å². The van der Waals surface area contributed by atoms with Gasteiger partial charge in [-0.15, -0.1) is 0 Å². The minimum absolute atomic E-state index is 0.0846. The van der Waals surface area contributed by atoms with Gasteiger partial charge in [0.25, 0.3) is 0 Å². The van der Waals surface area contributed by atoms with E-state index in [1.54, 1.807) is 0 Å². The maximum absolute atomic E-state index is 13.3. The lowest BCUT2D eigenvalue weighted by atomic mass is 9.83. The highest BCUT2D eigenvalue weighted by Gasteiger charge is 2.18. The summed E-state index contributed by atoms with van der Waals surface area (Å²) >= 11 is 0. The quantitative estimate of drug-likeness (QED) is 0.647. The first kappa shape index (κ1) is 11.9. The minimum atomic E-state index is -0.630. The maximum atomic E-state index is 13.3. The number of nitrogens with two attached hydrogens (primary N) is 1. The van der Waals surface area contributed by atoms with E-state index in [2.05, 4.69) is 0 Å². The van der Waals surface area contributed by atoms with Gasteiger partial charge in [-0.1, -0.05) is 19.3 Å². The second-order valence-corrected chi connectivity index (χ2v) is 4.46. The van der Waals surface area contributed by atoms with Crippen molar-refractivity contribution in [3.63, 3.8) is 0 Å². The first-order valence-corrected chi connectivity index (χ1v) is 5.89. The van der Waals surface area contributed by atoms with E-state index in [1.807, 2.05) is 0 Å². The van der Waals surface area contributed by atoms with Crippen molar-refractivity contribution in [2.45, 2.75) is 25.7 Å². The van der Waals surface area contributed by atoms with Crippen LogP contribution in [-0.2, 0) is 4.74 Å². The van der Waals surface area contributed by atoms with Crippen LogP contribution in [0.5, 0.6) is 0 Å². The summed E-state index contributed by atoms with van der Waals surface area (Å²) in [4.78, 5) is 11.6. The fourth-order valence-corrected chi connectivity index (χ4v) is 1.88. The lowest BCUT2D eigenvalue weighted by Crippen LogP contribution is -2.16. The van der Waals surface area contributed by atoms with Crippen LogP contribution in [0.1, 0.15) is 36.0 Å². The molecular weight excluding hydrogens is 221 g/mol. The van der Waals surface area contributed by atoms with Crippen molar-refractivity contribution < 1.29 is 13.9 Å². The number of rotatable bonds is 4. The van der Waals surface area contributed by atoms with E-state index in [0.717, 1.165) is 6.42 Å². The molecule has 0 saturated heterocycles. The van der Waals surface area contributed by atoms with Crippen LogP contribution in [0.15, 0.2) is 18.2 Å². The number of carbonyl (C=O) groups excluding carboxylic acids is 1. The Labute approximate surface area is 99.8 Å². The zero-order valence-corrected chi connectivity index (χ0v) is 9.62. The topological polar surface area (TPSA) is 52.3 Å². The van der Waals surface area contributed by atoms with Gasteiger partial charge in [-0.3, -0.25) is 0 Å². The summed E-state index contributed by atoms with van der Waals surface area (Å²) in [7, 11) is 0. The van der Waals surface area contributed by atoms with E-state index >= 15 is 0 Å². The van der Waals surface area contributed by atoms with E-state index in [1.165, 1.54) is 37.5 Å². The second-order valence-electron chi connectivity index (χ2n) is 4.46. The van der Waals surface area contributed by atoms with Crippen molar-refractivity contribution in [1.82, 2.24) is 0 Å². The number of benzene rings is 1. The molecule has 0 atom stereocenters. The largest absolute Gasteiger partial charge is 0.462 e. The average molecular weight is 237 g/mol. The van der Waals surface area contributed by atoms with Crippen LogP contribution < -0.4 is 5.73 Å². The van der Waals surface area contributed by atoms with Gasteiger partial charge in [-0.05, 0) is 30.5 Å². The molecule has 1 fully saturated rings. The second kappa shape index (κ2) is 5.17. The van der Waals surface area contributed by atoms with Gasteiger partial charge in [0.15, 0.2) is 0 Å². The summed E-state index contributed by atoms with van der Waals surface area (Å²) < 4.78 is 18.4. The third-order valence-corrected chi connectivity index (χ3v) is 3.19. The van der Waals surface area contributed by atoms with Crippen molar-refractivity contribution >= 4 is 11.7 Å². The van der Waals surface area contributed by atoms with Crippen molar-refractivity contribution in [2.24, 2.45) is 5.92 Å². The fourth-order valence-electron chi connectivity index (χ4n) is 1.88. The summed E-state index contributed by atoms with van der Waals surface area (Å²) in [5.41, 5.74) is 5.77. The number of hydrogen-bond donors (Lipinski definition) is 1. The molecule has 0 spiro atoms. The van der Waals surface area contributed by atoms with E-state index < -0.39 is 11.8 Å². The molecule has 3 nitrogen and oxygen atoms in total. The van der Waals surface area contributed by atoms with Gasteiger partial charge >= 0.3 is 5.97 Å². The van der Waals surface area contributed by atoms with Gasteiger partial charge in [0.05, 0.1) is 12.2 Å². The van der Waals surface area contributed by atoms with E-state index in [4.69, 9.17) is 10.5 Å². The highest BCUT2D eigenvalue weighted by molar-refractivity contribution is 5.90. The first-order valence-electron chi connectivity index (χ1n) is 5.89. The summed E-state index contributed by atoms with van der Waals surface area (Å²) in [5.74, 6) is -0.546. The molecular formula is C13H16FNO2. The molecule has 1 aliphatic carbocycles. The Hall–Kier alpha value is -1.58. The molecule has 0 heterocycles. The highest BCUT2D eigenvalue weighted by Crippen LogP contribution is 2.29. The van der Waals surface area contributed by atoms with E-state index in [9.17, 15) is 9.18 Å². The summed E-state index contributed by atoms with van der Waals surface area (Å²) in [6.07, 6.45) is 4.56. The molecule has 2 N–H and O–H groups in total. The first-order chi connectivity index (χ1) is 8.16. The van der Waals surface area contributed by atoms with Crippen LogP contribution >= 0.6 is 0 Å². The van der Waals surface area contributed by atoms with Crippen molar-refractivity contribution in [1.29, 1.82) is 0 Å². The fraction of sp³-hybridized carbons (Fsp3) is 0.462. The number of halogens is 1. The van der Waals surface area contributed by atoms with Gasteiger partial charge in [-0.25, -0.2) is 9.18 Å². The zero-order chi connectivity index (χ0) is 12.3. The third-order valence-electron chi connectivity index (χ3n) is 3.19. The molecule has 4 heteroatoms. The molecule has 1 aromatic carbocycles. The average Bonchev–Trinajstić information content (AvgIpc) is 2.25. The van der Waals surface area contributed by atoms with Crippen LogP contribution in [0.4, 0.5) is 10.1 Å². The van der Waals surface area contributed by atoms with Crippen LogP contribution in [-0.4, -0.2) is 12.6 Å². The molecule has 0 radical (unpaired) electrons. The molecule has 1 aliphatic rings. The molecule has 92 valence electrons. The molecule has 1 saturated carbocycles. The SMILES string of the molecule is Nc1ccc(F)c(C(=O)OCCC2CCC2)c1.